The van der Waals surface area contributed by atoms with Crippen LogP contribution in [0.15, 0.2) is 0 Å². The average Bonchev–Trinajstić information content (AvgIpc) is 1.27. The Labute approximate surface area is 77.3 Å². The fraction of sp³-hybridized carbons (Fsp3) is 0. The number of hydrogen-bond acceptors (Lipinski definition) is 4. The van der Waals surface area contributed by atoms with Gasteiger partial charge < -0.3 is 9.11 Å². The minimum absolute atomic E-state index is 0. The average molecular weight is 285 g/mol. The van der Waals surface area contributed by atoms with E-state index in [4.69, 9.17) is 37.8 Å². The van der Waals surface area contributed by atoms with Crippen LogP contribution in [0.5, 0.6) is 0 Å². The van der Waals surface area contributed by atoms with Crippen LogP contribution >= 0.6 is 20.3 Å². The van der Waals surface area contributed by atoms with E-state index in [2.05, 4.69) is 0 Å². The summed E-state index contributed by atoms with van der Waals surface area (Å²) in [7, 11) is 4.30. The van der Waals surface area contributed by atoms with Crippen molar-refractivity contribution < 1.29 is 46.9 Å². The van der Waals surface area contributed by atoms with Gasteiger partial charge in [0, 0.05) is 10.4 Å². The topological polar surface area (TPSA) is 80.3 Å². The van der Waals surface area contributed by atoms with Crippen LogP contribution in [-0.2, 0) is 39.8 Å². The van der Waals surface area contributed by atoms with Crippen molar-refractivity contribution in [3.05, 3.63) is 0 Å². The molecule has 9 heavy (non-hydrogen) atoms. The summed E-state index contributed by atoms with van der Waals surface area (Å²) in [4.78, 5) is 0. The van der Waals surface area contributed by atoms with Gasteiger partial charge in [0.05, 0.1) is 0 Å². The van der Waals surface area contributed by atoms with Gasteiger partial charge in [-0.1, -0.05) is 0 Å². The number of hydrogen-bond donors (Lipinski definition) is 0. The van der Waals surface area contributed by atoms with Crippen molar-refractivity contribution in [3.63, 3.8) is 0 Å². The van der Waals surface area contributed by atoms with Crippen molar-refractivity contribution in [1.82, 2.24) is 0 Å². The largest absolute Gasteiger partial charge is 2.00 e. The van der Waals surface area contributed by atoms with E-state index >= 15 is 0 Å². The quantitative estimate of drug-likeness (QED) is 0.357. The zero-order chi connectivity index (χ0) is 7.21. The van der Waals surface area contributed by atoms with Gasteiger partial charge in [-0.15, -0.1) is 0 Å². The van der Waals surface area contributed by atoms with Gasteiger partial charge in [-0.3, -0.25) is 8.42 Å². The molecule has 9 heteroatoms. The second kappa shape index (κ2) is 9.45. The maximum Gasteiger partial charge on any atom is 2.00 e. The molecule has 0 atom stereocenters. The van der Waals surface area contributed by atoms with Gasteiger partial charge >= 0.3 is 49.7 Å². The first-order chi connectivity index (χ1) is 3.41. The normalized spacial score (nSPS) is 8.89. The molecule has 0 rings (SSSR count). The van der Waals surface area contributed by atoms with Crippen molar-refractivity contribution in [2.45, 2.75) is 0 Å². The first-order valence-corrected chi connectivity index (χ1v) is 5.12. The molecule has 0 aromatic rings. The second-order valence-corrected chi connectivity index (χ2v) is 2.99. The maximum absolute atomic E-state index is 8.52. The van der Waals surface area contributed by atoms with Gasteiger partial charge in [0.15, 0.2) is 0 Å². The molecule has 0 aromatic carbocycles. The molecule has 0 spiro atoms. The molecule has 0 N–H and O–H groups in total. The zero-order valence-electron chi connectivity index (χ0n) is 3.45. The maximum atomic E-state index is 8.52. The summed E-state index contributed by atoms with van der Waals surface area (Å²) in [6, 6.07) is 0. The molecule has 0 bridgehead atoms. The van der Waals surface area contributed by atoms with E-state index in [1.165, 1.54) is 0 Å². The van der Waals surface area contributed by atoms with Crippen molar-refractivity contribution in [2.75, 3.05) is 0 Å². The predicted octanol–water partition coefficient (Wildman–Crippen LogP) is 0.0360. The Hall–Kier alpha value is 1.45. The van der Waals surface area contributed by atoms with E-state index in [1.54, 1.807) is 0 Å². The number of halogens is 2. The molecule has 0 aliphatic heterocycles. The van der Waals surface area contributed by atoms with Gasteiger partial charge in [0.1, 0.15) is 0 Å². The predicted molar refractivity (Wildman–Crippen MR) is 22.2 cm³/mol. The van der Waals surface area contributed by atoms with Gasteiger partial charge in [-0.2, -0.15) is 0 Å². The summed E-state index contributed by atoms with van der Waals surface area (Å²) < 4.78 is 34.1. The van der Waals surface area contributed by atoms with Crippen LogP contribution in [0.3, 0.4) is 0 Å². The van der Waals surface area contributed by atoms with Gasteiger partial charge in [0.25, 0.3) is 0 Å². The summed E-state index contributed by atoms with van der Waals surface area (Å²) in [5, 5.41) is 0. The van der Waals surface area contributed by atoms with Crippen molar-refractivity contribution in [1.29, 1.82) is 0 Å². The molecule has 4 nitrogen and oxygen atoms in total. The molecule has 0 aliphatic carbocycles. The van der Waals surface area contributed by atoms with Crippen molar-refractivity contribution in [2.24, 2.45) is 0 Å². The fourth-order valence-electron chi connectivity index (χ4n) is 0. The van der Waals surface area contributed by atoms with Crippen LogP contribution in [0.2, 0.25) is 0 Å². The van der Waals surface area contributed by atoms with Gasteiger partial charge in [0.2, 0.25) is 0 Å². The van der Waals surface area contributed by atoms with E-state index in [9.17, 15) is 0 Å². The van der Waals surface area contributed by atoms with Crippen LogP contribution in [0.1, 0.15) is 0 Å². The molecule has 0 aromatic heterocycles. The Morgan fingerprint density at radius 1 is 1.22 bits per heavy atom. The Kier molecular flexibility index (Phi) is 17.7. The third kappa shape index (κ3) is 249. The van der Waals surface area contributed by atoms with E-state index in [0.29, 0.717) is 12.9 Å². The van der Waals surface area contributed by atoms with Crippen LogP contribution in [-0.4, -0.2) is 17.5 Å². The SMILES string of the molecule is O=S(=O)([O-])[O-].[Cl][Co][Cl].[Ni+2]. The zero-order valence-corrected chi connectivity index (χ0v) is 7.80. The summed E-state index contributed by atoms with van der Waals surface area (Å²) in [5.74, 6) is 0. The molecular formula is Cl2CoNiO4S. The summed E-state index contributed by atoms with van der Waals surface area (Å²) >= 11 is 0.382. The second-order valence-electron chi connectivity index (χ2n) is 0.456. The van der Waals surface area contributed by atoms with Gasteiger partial charge in [-0.05, 0) is 0 Å². The summed E-state index contributed by atoms with van der Waals surface area (Å²) in [5.41, 5.74) is 0. The Morgan fingerprint density at radius 3 is 1.22 bits per heavy atom. The molecule has 0 amide bonds. The molecule has 0 heterocycles. The standard InChI is InChI=1S/2ClH.Co.Ni.H2O4S/c;;;;1-5(2,3)4/h2*1H;;;(H2,1,2,3,4)/q;;2*+2;/p-4. The monoisotopic (exact) mass is 283 g/mol. The van der Waals surface area contributed by atoms with E-state index in [-0.39, 0.29) is 16.5 Å². The Balaban J connectivity index is -0.0000000800. The fourth-order valence-corrected chi connectivity index (χ4v) is 0. The van der Waals surface area contributed by atoms with Crippen LogP contribution in [0, 0.1) is 0 Å². The minimum Gasteiger partial charge on any atom is 2.00 e. The smallest absolute Gasteiger partial charge is 2.00 e. The molecule has 63 valence electrons. The molecule has 0 saturated heterocycles. The molecule has 0 unspecified atom stereocenters. The van der Waals surface area contributed by atoms with E-state index in [1.807, 2.05) is 0 Å². The molecular weight excluding hydrogens is 285 g/mol. The molecule has 0 radical (unpaired) electrons. The van der Waals surface area contributed by atoms with Gasteiger partial charge in [-0.25, -0.2) is 0 Å². The Morgan fingerprint density at radius 2 is 1.22 bits per heavy atom. The first-order valence-electron chi connectivity index (χ1n) is 0.919. The van der Waals surface area contributed by atoms with Crippen molar-refractivity contribution in [3.8, 4) is 0 Å². The summed E-state index contributed by atoms with van der Waals surface area (Å²) in [6.07, 6.45) is 0. The number of rotatable bonds is 0. The van der Waals surface area contributed by atoms with Crippen LogP contribution < -0.4 is 0 Å². The van der Waals surface area contributed by atoms with E-state index < -0.39 is 10.4 Å². The van der Waals surface area contributed by atoms with Crippen LogP contribution in [0.25, 0.3) is 0 Å². The molecule has 0 fully saturated rings. The van der Waals surface area contributed by atoms with Crippen LogP contribution in [0.4, 0.5) is 0 Å². The summed E-state index contributed by atoms with van der Waals surface area (Å²) in [6.45, 7) is 0. The molecule has 0 saturated carbocycles. The first kappa shape index (κ1) is 16.8. The Bertz CT molecular complexity index is 113. The molecule has 0 aliphatic rings. The van der Waals surface area contributed by atoms with E-state index in [0.717, 1.165) is 0 Å². The van der Waals surface area contributed by atoms with Crippen molar-refractivity contribution >= 4 is 30.7 Å². The third-order valence-corrected chi connectivity index (χ3v) is 0. The minimum atomic E-state index is -5.17. The third-order valence-electron chi connectivity index (χ3n) is 0.